The number of rotatable bonds is 9. The van der Waals surface area contributed by atoms with Crippen molar-refractivity contribution in [1.82, 2.24) is 14.9 Å². The molecule has 7 nitrogen and oxygen atoms in total. The molecule has 1 N–H and O–H groups in total. The molecule has 2 heterocycles. The average Bonchev–Trinajstić information content (AvgIpc) is 3.35. The van der Waals surface area contributed by atoms with Crippen molar-refractivity contribution < 1.29 is 19.0 Å². The average molecular weight is 434 g/mol. The van der Waals surface area contributed by atoms with Gasteiger partial charge < -0.3 is 24.1 Å². The summed E-state index contributed by atoms with van der Waals surface area (Å²) in [4.78, 5) is 17.3. The highest BCUT2D eigenvalue weighted by Crippen LogP contribution is 2.29. The lowest BCUT2D eigenvalue weighted by atomic mass is 10.1. The molecular weight excluding hydrogens is 402 g/mol. The zero-order valence-electron chi connectivity index (χ0n) is 18.4. The molecular formula is C22H31N3O4S. The molecule has 1 amide bonds. The van der Waals surface area contributed by atoms with Gasteiger partial charge in [-0.1, -0.05) is 11.8 Å². The predicted octanol–water partition coefficient (Wildman–Crippen LogP) is 3.67. The Kier molecular flexibility index (Phi) is 7.66. The smallest absolute Gasteiger partial charge is 0.230 e. The van der Waals surface area contributed by atoms with Gasteiger partial charge >= 0.3 is 0 Å². The van der Waals surface area contributed by atoms with E-state index in [4.69, 9.17) is 14.2 Å². The van der Waals surface area contributed by atoms with Crippen LogP contribution >= 0.6 is 11.8 Å². The normalized spacial score (nSPS) is 17.0. The Morgan fingerprint density at radius 1 is 1.37 bits per heavy atom. The van der Waals surface area contributed by atoms with Gasteiger partial charge in [0.1, 0.15) is 11.5 Å². The molecule has 0 spiro atoms. The maximum Gasteiger partial charge on any atom is 0.230 e. The number of carbonyl (C=O) groups excluding carboxylic acids is 1. The number of benzene rings is 1. The second-order valence-electron chi connectivity index (χ2n) is 7.50. The number of methoxy groups -OCH3 is 2. The van der Waals surface area contributed by atoms with Gasteiger partial charge in [-0.3, -0.25) is 4.79 Å². The van der Waals surface area contributed by atoms with E-state index in [1.54, 1.807) is 14.2 Å². The summed E-state index contributed by atoms with van der Waals surface area (Å²) in [7, 11) is 3.24. The standard InChI is InChI=1S/C22H31N3O4S/c1-14-16(3)25(12-18-7-6-10-29-18)22(24-14)30-13-21(26)23-15(2)19-11-17(27-4)8-9-20(19)28-5/h8-9,11,15,18H,6-7,10,12-13H2,1-5H3,(H,23,26)/t15-,18+/m1/s1. The van der Waals surface area contributed by atoms with Crippen molar-refractivity contribution in [3.8, 4) is 11.5 Å². The largest absolute Gasteiger partial charge is 0.497 e. The number of carbonyl (C=O) groups is 1. The lowest BCUT2D eigenvalue weighted by Gasteiger charge is -2.18. The van der Waals surface area contributed by atoms with Gasteiger partial charge in [0.25, 0.3) is 0 Å². The number of nitrogens with one attached hydrogen (secondary N) is 1. The molecule has 1 aromatic carbocycles. The summed E-state index contributed by atoms with van der Waals surface area (Å²) in [6, 6.07) is 5.36. The number of hydrogen-bond acceptors (Lipinski definition) is 6. The van der Waals surface area contributed by atoms with Crippen LogP contribution in [-0.4, -0.2) is 48.1 Å². The van der Waals surface area contributed by atoms with Crippen LogP contribution in [0.1, 0.15) is 42.8 Å². The molecule has 2 aromatic rings. The van der Waals surface area contributed by atoms with Gasteiger partial charge in [0.2, 0.25) is 5.91 Å². The highest BCUT2D eigenvalue weighted by Gasteiger charge is 2.21. The number of thioether (sulfide) groups is 1. The first kappa shape index (κ1) is 22.5. The van der Waals surface area contributed by atoms with Gasteiger partial charge in [-0.2, -0.15) is 0 Å². The van der Waals surface area contributed by atoms with E-state index < -0.39 is 0 Å². The Morgan fingerprint density at radius 3 is 2.83 bits per heavy atom. The van der Waals surface area contributed by atoms with E-state index in [1.165, 1.54) is 11.8 Å². The van der Waals surface area contributed by atoms with Crippen molar-refractivity contribution in [3.05, 3.63) is 35.2 Å². The molecule has 30 heavy (non-hydrogen) atoms. The van der Waals surface area contributed by atoms with Crippen LogP contribution in [0, 0.1) is 13.8 Å². The molecule has 3 rings (SSSR count). The van der Waals surface area contributed by atoms with Crippen LogP contribution in [0.15, 0.2) is 23.4 Å². The van der Waals surface area contributed by atoms with Gasteiger partial charge in [0, 0.05) is 17.9 Å². The van der Waals surface area contributed by atoms with E-state index in [9.17, 15) is 4.79 Å². The van der Waals surface area contributed by atoms with Gasteiger partial charge in [0.15, 0.2) is 5.16 Å². The molecule has 2 atom stereocenters. The third-order valence-corrected chi connectivity index (χ3v) is 6.42. The molecule has 1 aliphatic rings. The molecule has 0 radical (unpaired) electrons. The molecule has 164 valence electrons. The molecule has 1 fully saturated rings. The number of imidazole rings is 1. The zero-order valence-corrected chi connectivity index (χ0v) is 19.2. The highest BCUT2D eigenvalue weighted by atomic mass is 32.2. The maximum absolute atomic E-state index is 12.6. The van der Waals surface area contributed by atoms with Crippen molar-refractivity contribution in [2.24, 2.45) is 0 Å². The molecule has 0 unspecified atom stereocenters. The number of amides is 1. The lowest BCUT2D eigenvalue weighted by Crippen LogP contribution is -2.28. The molecule has 0 saturated carbocycles. The van der Waals surface area contributed by atoms with Crippen LogP contribution in [0.5, 0.6) is 11.5 Å². The van der Waals surface area contributed by atoms with Gasteiger partial charge in [-0.15, -0.1) is 0 Å². The first-order chi connectivity index (χ1) is 14.4. The Balaban J connectivity index is 1.63. The fraction of sp³-hybridized carbons (Fsp3) is 0.545. The summed E-state index contributed by atoms with van der Waals surface area (Å²) < 4.78 is 18.7. The van der Waals surface area contributed by atoms with Crippen molar-refractivity contribution in [1.29, 1.82) is 0 Å². The molecule has 0 aliphatic carbocycles. The number of nitrogens with zero attached hydrogens (tertiary/aromatic N) is 2. The van der Waals surface area contributed by atoms with Crippen molar-refractivity contribution in [2.45, 2.75) is 57.5 Å². The monoisotopic (exact) mass is 433 g/mol. The Bertz CT molecular complexity index is 878. The Labute approximate surface area is 182 Å². The number of aryl methyl sites for hydroxylation is 1. The van der Waals surface area contributed by atoms with E-state index in [2.05, 4.69) is 21.8 Å². The second kappa shape index (κ2) is 10.2. The van der Waals surface area contributed by atoms with Gasteiger partial charge in [-0.05, 0) is 51.8 Å². The number of hydrogen-bond donors (Lipinski definition) is 1. The predicted molar refractivity (Wildman–Crippen MR) is 118 cm³/mol. The quantitative estimate of drug-likeness (QED) is 0.608. The van der Waals surface area contributed by atoms with E-state index >= 15 is 0 Å². The number of aromatic nitrogens is 2. The minimum absolute atomic E-state index is 0.0562. The summed E-state index contributed by atoms with van der Waals surface area (Å²) >= 11 is 1.46. The third-order valence-electron chi connectivity index (χ3n) is 5.45. The van der Waals surface area contributed by atoms with Gasteiger partial charge in [0.05, 0.1) is 44.4 Å². The molecule has 1 saturated heterocycles. The van der Waals surface area contributed by atoms with Crippen LogP contribution in [0.4, 0.5) is 0 Å². The minimum atomic E-state index is -0.210. The van der Waals surface area contributed by atoms with Crippen LogP contribution in [-0.2, 0) is 16.1 Å². The molecule has 1 aromatic heterocycles. The first-order valence-electron chi connectivity index (χ1n) is 10.2. The highest BCUT2D eigenvalue weighted by molar-refractivity contribution is 7.99. The fourth-order valence-corrected chi connectivity index (χ4v) is 4.52. The summed E-state index contributed by atoms with van der Waals surface area (Å²) in [5.41, 5.74) is 3.00. The SMILES string of the molecule is COc1ccc(OC)c([C@@H](C)NC(=O)CSc2nc(C)c(C)n2C[C@@H]2CCCO2)c1. The van der Waals surface area contributed by atoms with Crippen LogP contribution in [0.3, 0.4) is 0 Å². The van der Waals surface area contributed by atoms with E-state index in [-0.39, 0.29) is 23.8 Å². The van der Waals surface area contributed by atoms with E-state index in [1.807, 2.05) is 32.0 Å². The Hall–Kier alpha value is -2.19. The number of ether oxygens (including phenoxy) is 3. The van der Waals surface area contributed by atoms with E-state index in [0.717, 1.165) is 59.6 Å². The van der Waals surface area contributed by atoms with Crippen molar-refractivity contribution in [3.63, 3.8) is 0 Å². The summed E-state index contributed by atoms with van der Waals surface area (Å²) in [5, 5.41) is 3.91. The van der Waals surface area contributed by atoms with Gasteiger partial charge in [-0.25, -0.2) is 4.98 Å². The molecule has 0 bridgehead atoms. The fourth-order valence-electron chi connectivity index (χ4n) is 3.61. The van der Waals surface area contributed by atoms with Crippen LogP contribution < -0.4 is 14.8 Å². The summed E-state index contributed by atoms with van der Waals surface area (Å²) in [5.74, 6) is 1.68. The molecule has 8 heteroatoms. The zero-order chi connectivity index (χ0) is 21.7. The maximum atomic E-state index is 12.6. The molecule has 1 aliphatic heterocycles. The summed E-state index contributed by atoms with van der Waals surface area (Å²) in [6.07, 6.45) is 2.40. The van der Waals surface area contributed by atoms with Crippen molar-refractivity contribution >= 4 is 17.7 Å². The lowest BCUT2D eigenvalue weighted by molar-refractivity contribution is -0.119. The van der Waals surface area contributed by atoms with Crippen LogP contribution in [0.25, 0.3) is 0 Å². The van der Waals surface area contributed by atoms with Crippen molar-refractivity contribution in [2.75, 3.05) is 26.6 Å². The van der Waals surface area contributed by atoms with E-state index in [0.29, 0.717) is 0 Å². The summed E-state index contributed by atoms with van der Waals surface area (Å²) in [6.45, 7) is 7.62. The van der Waals surface area contributed by atoms with Crippen LogP contribution in [0.2, 0.25) is 0 Å². The topological polar surface area (TPSA) is 74.6 Å². The minimum Gasteiger partial charge on any atom is -0.497 e. The first-order valence-corrected chi connectivity index (χ1v) is 11.2. The third kappa shape index (κ3) is 5.29. The second-order valence-corrected chi connectivity index (χ2v) is 8.44. The Morgan fingerprint density at radius 2 is 2.17 bits per heavy atom.